The van der Waals surface area contributed by atoms with Gasteiger partial charge in [0, 0.05) is 11.8 Å². The van der Waals surface area contributed by atoms with E-state index in [1.807, 2.05) is 13.8 Å². The maximum absolute atomic E-state index is 11.2. The van der Waals surface area contributed by atoms with Gasteiger partial charge in [-0.3, -0.25) is 15.1 Å². The molecule has 4 heteroatoms. The molecule has 0 aliphatic rings. The Morgan fingerprint density at radius 1 is 1.24 bits per heavy atom. The highest BCUT2D eigenvalue weighted by Crippen LogP contribution is 2.26. The summed E-state index contributed by atoms with van der Waals surface area (Å²) in [6, 6.07) is 1.77. The highest BCUT2D eigenvalue weighted by Gasteiger charge is 2.21. The number of aromatic nitrogens is 1. The van der Waals surface area contributed by atoms with Crippen LogP contribution in [0.2, 0.25) is 0 Å². The number of rotatable bonds is 5. The first-order chi connectivity index (χ1) is 7.91. The number of hydrogen-bond donors (Lipinski definition) is 0. The molecule has 94 valence electrons. The van der Waals surface area contributed by atoms with E-state index < -0.39 is 0 Å². The zero-order valence-corrected chi connectivity index (χ0v) is 10.9. The van der Waals surface area contributed by atoms with Crippen molar-refractivity contribution in [1.82, 2.24) is 4.98 Å². The minimum absolute atomic E-state index is 0.218. The zero-order chi connectivity index (χ0) is 13.0. The Kier molecular flexibility index (Phi) is 4.61. The summed E-state index contributed by atoms with van der Waals surface area (Å²) < 4.78 is 0. The minimum atomic E-state index is -0.289. The van der Waals surface area contributed by atoms with Gasteiger partial charge in [-0.25, -0.2) is 0 Å². The first-order valence-electron chi connectivity index (χ1n) is 6.03. The van der Waals surface area contributed by atoms with E-state index in [-0.39, 0.29) is 10.6 Å². The van der Waals surface area contributed by atoms with Crippen LogP contribution in [0.15, 0.2) is 12.3 Å². The molecule has 0 amide bonds. The molecule has 0 spiro atoms. The van der Waals surface area contributed by atoms with Crippen LogP contribution in [-0.2, 0) is 12.8 Å². The second-order valence-corrected chi connectivity index (χ2v) is 5.22. The SMILES string of the molecule is CC(C)Cc1ccnc(CC(C)C)c1[N+](=O)[O-]. The fourth-order valence-corrected chi connectivity index (χ4v) is 1.91. The van der Waals surface area contributed by atoms with Crippen molar-refractivity contribution in [2.75, 3.05) is 0 Å². The molecule has 4 nitrogen and oxygen atoms in total. The maximum Gasteiger partial charge on any atom is 0.293 e. The second kappa shape index (κ2) is 5.75. The quantitative estimate of drug-likeness (QED) is 0.581. The van der Waals surface area contributed by atoms with Crippen LogP contribution in [0.4, 0.5) is 5.69 Å². The Morgan fingerprint density at radius 3 is 2.29 bits per heavy atom. The Labute approximate surface area is 102 Å². The second-order valence-electron chi connectivity index (χ2n) is 5.22. The Hall–Kier alpha value is -1.45. The highest BCUT2D eigenvalue weighted by atomic mass is 16.6. The molecule has 0 radical (unpaired) electrons. The Balaban J connectivity index is 3.17. The summed E-state index contributed by atoms with van der Waals surface area (Å²) in [6.07, 6.45) is 3.06. The molecule has 1 aromatic rings. The van der Waals surface area contributed by atoms with Gasteiger partial charge in [-0.2, -0.15) is 0 Å². The predicted octanol–water partition coefficient (Wildman–Crippen LogP) is 3.39. The minimum Gasteiger partial charge on any atom is -0.258 e. The van der Waals surface area contributed by atoms with E-state index in [1.165, 1.54) is 0 Å². The largest absolute Gasteiger partial charge is 0.293 e. The van der Waals surface area contributed by atoms with Crippen LogP contribution in [-0.4, -0.2) is 9.91 Å². The van der Waals surface area contributed by atoms with Gasteiger partial charge in [-0.05, 0) is 30.7 Å². The van der Waals surface area contributed by atoms with Crippen LogP contribution in [0.25, 0.3) is 0 Å². The number of pyridine rings is 1. The number of nitrogens with zero attached hydrogens (tertiary/aromatic N) is 2. The van der Waals surface area contributed by atoms with Gasteiger partial charge in [0.1, 0.15) is 5.69 Å². The molecule has 1 aromatic heterocycles. The molecular formula is C13H20N2O2. The van der Waals surface area contributed by atoms with Gasteiger partial charge >= 0.3 is 0 Å². The summed E-state index contributed by atoms with van der Waals surface area (Å²) in [7, 11) is 0. The van der Waals surface area contributed by atoms with Crippen molar-refractivity contribution >= 4 is 5.69 Å². The lowest BCUT2D eigenvalue weighted by molar-refractivity contribution is -0.386. The van der Waals surface area contributed by atoms with Crippen LogP contribution in [0, 0.1) is 22.0 Å². The normalized spacial score (nSPS) is 11.2. The lowest BCUT2D eigenvalue weighted by atomic mass is 9.98. The first kappa shape index (κ1) is 13.6. The van der Waals surface area contributed by atoms with Crippen molar-refractivity contribution in [1.29, 1.82) is 0 Å². The van der Waals surface area contributed by atoms with Crippen molar-refractivity contribution < 1.29 is 4.92 Å². The van der Waals surface area contributed by atoms with Crippen molar-refractivity contribution in [3.8, 4) is 0 Å². The Bertz CT molecular complexity index is 372. The lowest BCUT2D eigenvalue weighted by Crippen LogP contribution is -2.07. The molecule has 0 aliphatic carbocycles. The fourth-order valence-electron chi connectivity index (χ4n) is 1.91. The molecule has 0 unspecified atom stereocenters. The summed E-state index contributed by atoms with van der Waals surface area (Å²) in [5, 5.41) is 11.2. The van der Waals surface area contributed by atoms with E-state index in [1.54, 1.807) is 12.3 Å². The third-order valence-corrected chi connectivity index (χ3v) is 2.50. The molecule has 0 atom stereocenters. The molecule has 0 bridgehead atoms. The zero-order valence-electron chi connectivity index (χ0n) is 10.9. The first-order valence-corrected chi connectivity index (χ1v) is 6.03. The van der Waals surface area contributed by atoms with E-state index in [9.17, 15) is 10.1 Å². The van der Waals surface area contributed by atoms with Crippen molar-refractivity contribution in [3.63, 3.8) is 0 Å². The monoisotopic (exact) mass is 236 g/mol. The lowest BCUT2D eigenvalue weighted by Gasteiger charge is -2.10. The van der Waals surface area contributed by atoms with E-state index in [0.29, 0.717) is 24.0 Å². The molecule has 0 aliphatic heterocycles. The number of hydrogen-bond acceptors (Lipinski definition) is 3. The average molecular weight is 236 g/mol. The molecule has 1 heterocycles. The molecule has 17 heavy (non-hydrogen) atoms. The third-order valence-electron chi connectivity index (χ3n) is 2.50. The number of nitro groups is 1. The molecule has 0 saturated carbocycles. The van der Waals surface area contributed by atoms with Gasteiger partial charge in [-0.1, -0.05) is 27.7 Å². The molecule has 0 saturated heterocycles. The highest BCUT2D eigenvalue weighted by molar-refractivity contribution is 5.44. The van der Waals surface area contributed by atoms with Gasteiger partial charge in [0.15, 0.2) is 0 Å². The summed E-state index contributed by atoms with van der Waals surface area (Å²) in [5.74, 6) is 0.776. The maximum atomic E-state index is 11.2. The van der Waals surface area contributed by atoms with Crippen LogP contribution in [0.3, 0.4) is 0 Å². The van der Waals surface area contributed by atoms with E-state index in [2.05, 4.69) is 18.8 Å². The third kappa shape index (κ3) is 3.80. The van der Waals surface area contributed by atoms with Crippen molar-refractivity contribution in [2.24, 2.45) is 11.8 Å². The van der Waals surface area contributed by atoms with Crippen LogP contribution < -0.4 is 0 Å². The molecule has 0 N–H and O–H groups in total. The van der Waals surface area contributed by atoms with Crippen LogP contribution in [0.5, 0.6) is 0 Å². The van der Waals surface area contributed by atoms with E-state index in [4.69, 9.17) is 0 Å². The standard InChI is InChI=1S/C13H20N2O2/c1-9(2)7-11-5-6-14-12(8-10(3)4)13(11)15(16)17/h5-6,9-10H,7-8H2,1-4H3. The topological polar surface area (TPSA) is 56.0 Å². The van der Waals surface area contributed by atoms with E-state index >= 15 is 0 Å². The van der Waals surface area contributed by atoms with Gasteiger partial charge in [0.05, 0.1) is 4.92 Å². The summed E-state index contributed by atoms with van der Waals surface area (Å²) in [6.45, 7) is 8.21. The molecular weight excluding hydrogens is 216 g/mol. The van der Waals surface area contributed by atoms with Crippen molar-refractivity contribution in [3.05, 3.63) is 33.6 Å². The fraction of sp³-hybridized carbons (Fsp3) is 0.615. The van der Waals surface area contributed by atoms with Gasteiger partial charge in [0.2, 0.25) is 0 Å². The summed E-state index contributed by atoms with van der Waals surface area (Å²) in [4.78, 5) is 15.0. The smallest absolute Gasteiger partial charge is 0.258 e. The average Bonchev–Trinajstić information content (AvgIpc) is 2.14. The molecule has 0 aromatic carbocycles. The summed E-state index contributed by atoms with van der Waals surface area (Å²) in [5.41, 5.74) is 1.63. The van der Waals surface area contributed by atoms with Gasteiger partial charge in [0.25, 0.3) is 5.69 Å². The van der Waals surface area contributed by atoms with Crippen LogP contribution >= 0.6 is 0 Å². The van der Waals surface area contributed by atoms with Crippen LogP contribution in [0.1, 0.15) is 39.0 Å². The van der Waals surface area contributed by atoms with Gasteiger partial charge in [-0.15, -0.1) is 0 Å². The predicted molar refractivity (Wildman–Crippen MR) is 68.0 cm³/mol. The van der Waals surface area contributed by atoms with E-state index in [0.717, 1.165) is 12.0 Å². The van der Waals surface area contributed by atoms with Gasteiger partial charge < -0.3 is 0 Å². The van der Waals surface area contributed by atoms with Crippen molar-refractivity contribution in [2.45, 2.75) is 40.5 Å². The Morgan fingerprint density at radius 2 is 1.82 bits per heavy atom. The molecule has 1 rings (SSSR count). The molecule has 0 fully saturated rings. The summed E-state index contributed by atoms with van der Waals surface area (Å²) >= 11 is 0.